The predicted octanol–water partition coefficient (Wildman–Crippen LogP) is -0.0483. The Hall–Kier alpha value is -0.170. The molecule has 1 rings (SSSR count). The van der Waals surface area contributed by atoms with Gasteiger partial charge in [0.05, 0.1) is 5.25 Å². The molecule has 102 valence electrons. The first-order chi connectivity index (χ1) is 7.98. The van der Waals surface area contributed by atoms with Crippen LogP contribution in [0, 0.1) is 0 Å². The molecule has 1 heterocycles. The van der Waals surface area contributed by atoms with Crippen molar-refractivity contribution in [2.24, 2.45) is 0 Å². The van der Waals surface area contributed by atoms with Crippen LogP contribution in [0.5, 0.6) is 0 Å². The summed E-state index contributed by atoms with van der Waals surface area (Å²) in [5.41, 5.74) is 0. The van der Waals surface area contributed by atoms with Crippen molar-refractivity contribution in [1.29, 1.82) is 0 Å². The molecule has 6 heteroatoms. The van der Waals surface area contributed by atoms with E-state index in [1.165, 1.54) is 0 Å². The number of nitrogens with zero attached hydrogens (tertiary/aromatic N) is 2. The van der Waals surface area contributed by atoms with Gasteiger partial charge < -0.3 is 10.2 Å². The van der Waals surface area contributed by atoms with Gasteiger partial charge in [0, 0.05) is 32.7 Å². The van der Waals surface area contributed by atoms with Crippen molar-refractivity contribution in [3.8, 4) is 0 Å². The molecule has 0 aliphatic carbocycles. The summed E-state index contributed by atoms with van der Waals surface area (Å²) >= 11 is 0. The average molecular weight is 263 g/mol. The molecule has 17 heavy (non-hydrogen) atoms. The quantitative estimate of drug-likeness (QED) is 0.683. The average Bonchev–Trinajstić information content (AvgIpc) is 2.29. The van der Waals surface area contributed by atoms with Crippen LogP contribution in [-0.2, 0) is 10.0 Å². The third kappa shape index (κ3) is 4.21. The van der Waals surface area contributed by atoms with E-state index >= 15 is 0 Å². The van der Waals surface area contributed by atoms with Crippen LogP contribution < -0.4 is 5.32 Å². The molecule has 0 radical (unpaired) electrons. The number of hydrogen-bond acceptors (Lipinski definition) is 4. The summed E-state index contributed by atoms with van der Waals surface area (Å²) in [7, 11) is -1.10. The molecule has 0 amide bonds. The maximum Gasteiger partial charge on any atom is 0.218 e. The van der Waals surface area contributed by atoms with Crippen LogP contribution in [0.3, 0.4) is 0 Å². The Morgan fingerprint density at radius 1 is 1.24 bits per heavy atom. The molecule has 0 aromatic heterocycles. The van der Waals surface area contributed by atoms with E-state index in [-0.39, 0.29) is 5.25 Å². The molecule has 5 nitrogen and oxygen atoms in total. The van der Waals surface area contributed by atoms with Gasteiger partial charge in [-0.2, -0.15) is 4.31 Å². The van der Waals surface area contributed by atoms with Crippen molar-refractivity contribution in [1.82, 2.24) is 14.5 Å². The molecule has 0 spiro atoms. The SMILES string of the molecule is CCCNCC(C)S(=O)(=O)N1CCN(C)CC1. The van der Waals surface area contributed by atoms with Gasteiger partial charge in [0.15, 0.2) is 0 Å². The van der Waals surface area contributed by atoms with Crippen molar-refractivity contribution >= 4 is 10.0 Å². The summed E-state index contributed by atoms with van der Waals surface area (Å²) in [6, 6.07) is 0. The third-order valence-electron chi connectivity index (χ3n) is 3.19. The fourth-order valence-electron chi connectivity index (χ4n) is 1.88. The van der Waals surface area contributed by atoms with Gasteiger partial charge in [-0.05, 0) is 26.9 Å². The van der Waals surface area contributed by atoms with Gasteiger partial charge >= 0.3 is 0 Å². The van der Waals surface area contributed by atoms with Crippen molar-refractivity contribution in [2.75, 3.05) is 46.3 Å². The number of piperazine rings is 1. The topological polar surface area (TPSA) is 52.7 Å². The van der Waals surface area contributed by atoms with Gasteiger partial charge in [-0.15, -0.1) is 0 Å². The summed E-state index contributed by atoms with van der Waals surface area (Å²) in [5, 5.41) is 2.84. The van der Waals surface area contributed by atoms with E-state index in [0.717, 1.165) is 26.1 Å². The van der Waals surface area contributed by atoms with Crippen molar-refractivity contribution in [2.45, 2.75) is 25.5 Å². The standard InChI is InChI=1S/C11H25N3O2S/c1-4-5-12-10-11(2)17(15,16)14-8-6-13(3)7-9-14/h11-12H,4-10H2,1-3H3. The second kappa shape index (κ2) is 6.68. The normalized spacial score (nSPS) is 21.6. The lowest BCUT2D eigenvalue weighted by molar-refractivity contribution is 0.221. The summed E-state index contributed by atoms with van der Waals surface area (Å²) in [6.45, 7) is 8.19. The minimum atomic E-state index is -3.12. The molecule has 1 atom stereocenters. The Bertz CT molecular complexity index is 311. The fraction of sp³-hybridized carbons (Fsp3) is 1.00. The molecule has 0 aromatic carbocycles. The molecule has 0 saturated carbocycles. The van der Waals surface area contributed by atoms with Crippen LogP contribution in [0.25, 0.3) is 0 Å². The lowest BCUT2D eigenvalue weighted by Gasteiger charge is -2.33. The highest BCUT2D eigenvalue weighted by molar-refractivity contribution is 7.89. The number of sulfonamides is 1. The van der Waals surface area contributed by atoms with E-state index in [0.29, 0.717) is 19.6 Å². The van der Waals surface area contributed by atoms with Gasteiger partial charge in [-0.1, -0.05) is 6.92 Å². The third-order valence-corrected chi connectivity index (χ3v) is 5.46. The first-order valence-electron chi connectivity index (χ1n) is 6.36. The maximum absolute atomic E-state index is 12.3. The summed E-state index contributed by atoms with van der Waals surface area (Å²) < 4.78 is 26.1. The van der Waals surface area contributed by atoms with E-state index in [9.17, 15) is 8.42 Å². The number of rotatable bonds is 6. The Labute approximate surface area is 105 Å². The molecular formula is C11H25N3O2S. The van der Waals surface area contributed by atoms with Crippen LogP contribution in [0.1, 0.15) is 20.3 Å². The molecule has 0 bridgehead atoms. The van der Waals surface area contributed by atoms with Gasteiger partial charge in [0.25, 0.3) is 0 Å². The summed E-state index contributed by atoms with van der Waals surface area (Å²) in [4.78, 5) is 2.16. The Morgan fingerprint density at radius 2 is 1.82 bits per heavy atom. The van der Waals surface area contributed by atoms with Crippen LogP contribution >= 0.6 is 0 Å². The molecular weight excluding hydrogens is 238 g/mol. The van der Waals surface area contributed by atoms with E-state index in [1.807, 2.05) is 7.05 Å². The smallest absolute Gasteiger partial charge is 0.218 e. The zero-order valence-corrected chi connectivity index (χ0v) is 12.0. The van der Waals surface area contributed by atoms with Crippen LogP contribution in [-0.4, -0.2) is 69.2 Å². The van der Waals surface area contributed by atoms with Gasteiger partial charge in [0.2, 0.25) is 10.0 Å². The Kier molecular flexibility index (Phi) is 5.85. The molecule has 1 aliphatic heterocycles. The number of hydrogen-bond donors (Lipinski definition) is 1. The Morgan fingerprint density at radius 3 is 2.35 bits per heavy atom. The molecule has 1 N–H and O–H groups in total. The predicted molar refractivity (Wildman–Crippen MR) is 70.6 cm³/mol. The van der Waals surface area contributed by atoms with E-state index < -0.39 is 10.0 Å². The lowest BCUT2D eigenvalue weighted by atomic mass is 10.4. The second-order valence-electron chi connectivity index (χ2n) is 4.76. The number of likely N-dealkylation sites (N-methyl/N-ethyl adjacent to an activating group) is 1. The van der Waals surface area contributed by atoms with Gasteiger partial charge in [-0.25, -0.2) is 8.42 Å². The maximum atomic E-state index is 12.3. The van der Waals surface area contributed by atoms with Crippen molar-refractivity contribution < 1.29 is 8.42 Å². The zero-order valence-electron chi connectivity index (χ0n) is 11.1. The minimum Gasteiger partial charge on any atom is -0.315 e. The fourth-order valence-corrected chi connectivity index (χ4v) is 3.39. The van der Waals surface area contributed by atoms with Crippen LogP contribution in [0.4, 0.5) is 0 Å². The minimum absolute atomic E-state index is 0.336. The zero-order chi connectivity index (χ0) is 12.9. The summed E-state index contributed by atoms with van der Waals surface area (Å²) in [5.74, 6) is 0. The van der Waals surface area contributed by atoms with E-state index in [4.69, 9.17) is 0 Å². The molecule has 1 aliphatic rings. The van der Waals surface area contributed by atoms with E-state index in [1.54, 1.807) is 11.2 Å². The highest BCUT2D eigenvalue weighted by Gasteiger charge is 2.30. The highest BCUT2D eigenvalue weighted by atomic mass is 32.2. The molecule has 1 unspecified atom stereocenters. The van der Waals surface area contributed by atoms with Gasteiger partial charge in [-0.3, -0.25) is 0 Å². The first-order valence-corrected chi connectivity index (χ1v) is 7.87. The van der Waals surface area contributed by atoms with Gasteiger partial charge in [0.1, 0.15) is 0 Å². The van der Waals surface area contributed by atoms with Crippen molar-refractivity contribution in [3.05, 3.63) is 0 Å². The van der Waals surface area contributed by atoms with Crippen LogP contribution in [0.15, 0.2) is 0 Å². The molecule has 0 aromatic rings. The van der Waals surface area contributed by atoms with E-state index in [2.05, 4.69) is 17.1 Å². The van der Waals surface area contributed by atoms with Crippen LogP contribution in [0.2, 0.25) is 0 Å². The summed E-state index contributed by atoms with van der Waals surface area (Å²) in [6.07, 6.45) is 1.03. The molecule has 1 fully saturated rings. The Balaban J connectivity index is 2.49. The monoisotopic (exact) mass is 263 g/mol. The lowest BCUT2D eigenvalue weighted by Crippen LogP contribution is -2.50. The number of nitrogens with one attached hydrogen (secondary N) is 1. The van der Waals surface area contributed by atoms with Crippen molar-refractivity contribution in [3.63, 3.8) is 0 Å². The first kappa shape index (κ1) is 14.9. The largest absolute Gasteiger partial charge is 0.315 e. The second-order valence-corrected chi connectivity index (χ2v) is 7.11. The highest BCUT2D eigenvalue weighted by Crippen LogP contribution is 2.11. The molecule has 1 saturated heterocycles.